The summed E-state index contributed by atoms with van der Waals surface area (Å²) in [6, 6.07) is 20.9. The smallest absolute Gasteiger partial charge is 0.279 e. The first-order valence-corrected chi connectivity index (χ1v) is 14.0. The Kier molecular flexibility index (Phi) is 8.38. The number of amides is 1. The first-order chi connectivity index (χ1) is 17.3. The van der Waals surface area contributed by atoms with Crippen LogP contribution < -0.4 is 4.80 Å². The van der Waals surface area contributed by atoms with E-state index < -0.39 is 15.9 Å². The second-order valence-electron chi connectivity index (χ2n) is 7.97. The van der Waals surface area contributed by atoms with Gasteiger partial charge in [0.1, 0.15) is 0 Å². The van der Waals surface area contributed by atoms with Gasteiger partial charge in [-0.3, -0.25) is 4.79 Å². The fourth-order valence-corrected chi connectivity index (χ4v) is 6.64. The topological polar surface area (TPSA) is 81.0 Å². The van der Waals surface area contributed by atoms with Crippen LogP contribution in [0.2, 0.25) is 5.02 Å². The van der Waals surface area contributed by atoms with Crippen molar-refractivity contribution in [1.29, 1.82) is 0 Å². The summed E-state index contributed by atoms with van der Waals surface area (Å²) in [5.41, 5.74) is 1.99. The average Bonchev–Trinajstić information content (AvgIpc) is 3.24. The quantitative estimate of drug-likeness (QED) is 0.299. The zero-order valence-electron chi connectivity index (χ0n) is 19.9. The first kappa shape index (κ1) is 26.2. The van der Waals surface area contributed by atoms with E-state index in [2.05, 4.69) is 4.99 Å². The van der Waals surface area contributed by atoms with Gasteiger partial charge in [0, 0.05) is 32.3 Å². The molecule has 10 heteroatoms. The SMILES string of the molecule is CCN(Cc1ccccc1)S(=O)(=O)c1ccc(C(=O)N=c2sc3cccc(Cl)c3n2CCOC)cc1. The van der Waals surface area contributed by atoms with Crippen LogP contribution in [0, 0.1) is 0 Å². The van der Waals surface area contributed by atoms with E-state index in [-0.39, 0.29) is 11.4 Å². The number of carbonyl (C=O) groups is 1. The standard InChI is InChI=1S/C26H26ClN3O4S2/c1-3-29(18-19-8-5-4-6-9-19)36(32,33)21-14-12-20(13-15-21)25(31)28-26-30(16-17-34-2)24-22(27)10-7-11-23(24)35-26/h4-15H,3,16-18H2,1-2H3. The number of methoxy groups -OCH3 is 1. The van der Waals surface area contributed by atoms with Gasteiger partial charge in [0.2, 0.25) is 10.0 Å². The molecule has 7 nitrogen and oxygen atoms in total. The van der Waals surface area contributed by atoms with Gasteiger partial charge in [-0.15, -0.1) is 0 Å². The summed E-state index contributed by atoms with van der Waals surface area (Å²) in [5, 5.41) is 0.569. The van der Waals surface area contributed by atoms with Crippen LogP contribution >= 0.6 is 22.9 Å². The lowest BCUT2D eigenvalue weighted by atomic mass is 10.2. The molecule has 0 spiro atoms. The number of nitrogens with zero attached hydrogens (tertiary/aromatic N) is 3. The Morgan fingerprint density at radius 1 is 1.06 bits per heavy atom. The minimum Gasteiger partial charge on any atom is -0.383 e. The molecule has 0 aliphatic rings. The van der Waals surface area contributed by atoms with Crippen LogP contribution in [-0.4, -0.2) is 43.5 Å². The predicted octanol–water partition coefficient (Wildman–Crippen LogP) is 4.95. The third-order valence-corrected chi connectivity index (χ3v) is 8.95. The average molecular weight is 544 g/mol. The van der Waals surface area contributed by atoms with Gasteiger partial charge in [0.25, 0.3) is 5.91 Å². The molecule has 0 bridgehead atoms. The number of carbonyl (C=O) groups excluding carboxylic acids is 1. The van der Waals surface area contributed by atoms with Crippen LogP contribution in [-0.2, 0) is 27.8 Å². The fraction of sp³-hybridized carbons (Fsp3) is 0.231. The first-order valence-electron chi connectivity index (χ1n) is 11.3. The van der Waals surface area contributed by atoms with Gasteiger partial charge in [-0.2, -0.15) is 9.30 Å². The predicted molar refractivity (Wildman–Crippen MR) is 143 cm³/mol. The second-order valence-corrected chi connectivity index (χ2v) is 11.3. The molecule has 1 aromatic heterocycles. The molecule has 0 saturated carbocycles. The van der Waals surface area contributed by atoms with Crippen molar-refractivity contribution in [2.24, 2.45) is 4.99 Å². The highest BCUT2D eigenvalue weighted by Crippen LogP contribution is 2.25. The molecule has 4 aromatic rings. The Morgan fingerprint density at radius 2 is 1.78 bits per heavy atom. The van der Waals surface area contributed by atoms with Crippen molar-refractivity contribution in [1.82, 2.24) is 8.87 Å². The minimum atomic E-state index is -3.73. The molecule has 0 aliphatic heterocycles. The van der Waals surface area contributed by atoms with E-state index in [9.17, 15) is 13.2 Å². The fourth-order valence-electron chi connectivity index (χ4n) is 3.79. The molecule has 0 atom stereocenters. The van der Waals surface area contributed by atoms with E-state index in [0.29, 0.717) is 35.1 Å². The van der Waals surface area contributed by atoms with Gasteiger partial charge >= 0.3 is 0 Å². The summed E-state index contributed by atoms with van der Waals surface area (Å²) >= 11 is 7.77. The second kappa shape index (κ2) is 11.5. The molecular weight excluding hydrogens is 518 g/mol. The van der Waals surface area contributed by atoms with Gasteiger partial charge in [0.15, 0.2) is 4.80 Å². The van der Waals surface area contributed by atoms with Crippen LogP contribution in [0.25, 0.3) is 10.2 Å². The summed E-state index contributed by atoms with van der Waals surface area (Å²) in [7, 11) is -2.12. The lowest BCUT2D eigenvalue weighted by Gasteiger charge is -2.20. The van der Waals surface area contributed by atoms with Crippen molar-refractivity contribution < 1.29 is 17.9 Å². The van der Waals surface area contributed by atoms with Crippen molar-refractivity contribution >= 4 is 49.1 Å². The van der Waals surface area contributed by atoms with E-state index in [1.54, 1.807) is 20.1 Å². The van der Waals surface area contributed by atoms with Crippen molar-refractivity contribution in [2.45, 2.75) is 24.9 Å². The van der Waals surface area contributed by atoms with Gasteiger partial charge in [-0.05, 0) is 42.0 Å². The Hall–Kier alpha value is -2.82. The number of benzene rings is 3. The van der Waals surface area contributed by atoms with E-state index in [4.69, 9.17) is 16.3 Å². The van der Waals surface area contributed by atoms with Gasteiger partial charge < -0.3 is 9.30 Å². The molecule has 0 unspecified atom stereocenters. The normalized spacial score (nSPS) is 12.5. The number of sulfonamides is 1. The highest BCUT2D eigenvalue weighted by molar-refractivity contribution is 7.89. The molecule has 3 aromatic carbocycles. The van der Waals surface area contributed by atoms with E-state index in [1.807, 2.05) is 47.0 Å². The highest BCUT2D eigenvalue weighted by atomic mass is 35.5. The molecule has 0 aliphatic carbocycles. The van der Waals surface area contributed by atoms with Gasteiger partial charge in [-0.1, -0.05) is 66.3 Å². The van der Waals surface area contributed by atoms with Crippen LogP contribution in [0.3, 0.4) is 0 Å². The lowest BCUT2D eigenvalue weighted by Crippen LogP contribution is -2.30. The van der Waals surface area contributed by atoms with Gasteiger partial charge in [0.05, 0.1) is 26.7 Å². The number of rotatable bonds is 9. The summed E-state index contributed by atoms with van der Waals surface area (Å²) < 4.78 is 35.8. The van der Waals surface area contributed by atoms with Crippen molar-refractivity contribution in [3.8, 4) is 0 Å². The maximum atomic E-state index is 13.2. The third-order valence-electron chi connectivity index (χ3n) is 5.66. The molecule has 0 N–H and O–H groups in total. The van der Waals surface area contributed by atoms with E-state index >= 15 is 0 Å². The highest BCUT2D eigenvalue weighted by Gasteiger charge is 2.23. The summed E-state index contributed by atoms with van der Waals surface area (Å²) in [6.07, 6.45) is 0. The van der Waals surface area contributed by atoms with Gasteiger partial charge in [-0.25, -0.2) is 8.42 Å². The lowest BCUT2D eigenvalue weighted by molar-refractivity contribution is 0.0997. The zero-order valence-corrected chi connectivity index (χ0v) is 22.3. The van der Waals surface area contributed by atoms with Crippen LogP contribution in [0.1, 0.15) is 22.8 Å². The number of aromatic nitrogens is 1. The molecule has 36 heavy (non-hydrogen) atoms. The maximum absolute atomic E-state index is 13.2. The van der Waals surface area contributed by atoms with E-state index in [1.165, 1.54) is 39.9 Å². The molecule has 188 valence electrons. The number of para-hydroxylation sites is 1. The molecule has 0 radical (unpaired) electrons. The monoisotopic (exact) mass is 543 g/mol. The third kappa shape index (κ3) is 5.61. The zero-order chi connectivity index (χ0) is 25.7. The minimum absolute atomic E-state index is 0.126. The number of fused-ring (bicyclic) bond motifs is 1. The van der Waals surface area contributed by atoms with E-state index in [0.717, 1.165) is 15.8 Å². The number of hydrogen-bond donors (Lipinski definition) is 0. The van der Waals surface area contributed by atoms with Crippen molar-refractivity contribution in [2.75, 3.05) is 20.3 Å². The Bertz CT molecular complexity index is 1530. The van der Waals surface area contributed by atoms with Crippen LogP contribution in [0.4, 0.5) is 0 Å². The van der Waals surface area contributed by atoms with Crippen LogP contribution in [0.15, 0.2) is 82.7 Å². The summed E-state index contributed by atoms with van der Waals surface area (Å²) in [6.45, 7) is 3.31. The summed E-state index contributed by atoms with van der Waals surface area (Å²) in [5.74, 6) is -0.468. The van der Waals surface area contributed by atoms with Crippen LogP contribution in [0.5, 0.6) is 0 Å². The van der Waals surface area contributed by atoms with Crippen molar-refractivity contribution in [3.63, 3.8) is 0 Å². The maximum Gasteiger partial charge on any atom is 0.279 e. The number of hydrogen-bond acceptors (Lipinski definition) is 5. The Balaban J connectivity index is 1.62. The van der Waals surface area contributed by atoms with Crippen molar-refractivity contribution in [3.05, 3.63) is 93.7 Å². The Morgan fingerprint density at radius 3 is 2.44 bits per heavy atom. The Labute approximate surface area is 219 Å². The molecule has 4 rings (SSSR count). The molecular formula is C26H26ClN3O4S2. The molecule has 0 saturated heterocycles. The number of ether oxygens (including phenoxy) is 1. The summed E-state index contributed by atoms with van der Waals surface area (Å²) in [4.78, 5) is 17.9. The number of thiazole rings is 1. The molecule has 1 heterocycles. The number of halogens is 1. The molecule has 1 amide bonds. The molecule has 0 fully saturated rings. The largest absolute Gasteiger partial charge is 0.383 e.